The Bertz CT molecular complexity index is 460. The lowest BCUT2D eigenvalue weighted by atomic mass is 10.4. The van der Waals surface area contributed by atoms with Gasteiger partial charge in [-0.1, -0.05) is 0 Å². The van der Waals surface area contributed by atoms with Crippen molar-refractivity contribution in [1.29, 1.82) is 0 Å². The van der Waals surface area contributed by atoms with Crippen LogP contribution in [-0.2, 0) is 0 Å². The summed E-state index contributed by atoms with van der Waals surface area (Å²) in [6.07, 6.45) is 3.26. The van der Waals surface area contributed by atoms with Crippen molar-refractivity contribution in [3.8, 4) is 0 Å². The molecule has 78 valence electrons. The van der Waals surface area contributed by atoms with Gasteiger partial charge in [0.1, 0.15) is 11.3 Å². The van der Waals surface area contributed by atoms with Crippen LogP contribution in [-0.4, -0.2) is 40.3 Å². The second kappa shape index (κ2) is 4.18. The summed E-state index contributed by atoms with van der Waals surface area (Å²) in [5, 5.41) is 8.81. The van der Waals surface area contributed by atoms with E-state index in [1.807, 2.05) is 24.1 Å². The van der Waals surface area contributed by atoms with E-state index >= 15 is 0 Å². The first-order chi connectivity index (χ1) is 7.31. The van der Waals surface area contributed by atoms with Gasteiger partial charge < -0.3 is 10.0 Å². The molecule has 0 saturated heterocycles. The molecule has 0 aliphatic carbocycles. The number of aliphatic hydroxyl groups excluding tert-OH is 1. The molecule has 5 heteroatoms. The van der Waals surface area contributed by atoms with Crippen LogP contribution in [0.3, 0.4) is 0 Å². The Morgan fingerprint density at radius 1 is 1.27 bits per heavy atom. The van der Waals surface area contributed by atoms with Crippen LogP contribution >= 0.6 is 0 Å². The van der Waals surface area contributed by atoms with Crippen molar-refractivity contribution in [2.45, 2.75) is 0 Å². The molecular weight excluding hydrogens is 192 g/mol. The molecule has 15 heavy (non-hydrogen) atoms. The Balaban J connectivity index is 2.38. The summed E-state index contributed by atoms with van der Waals surface area (Å²) in [6.45, 7) is 0.662. The Labute approximate surface area is 87.4 Å². The van der Waals surface area contributed by atoms with Gasteiger partial charge in [0.25, 0.3) is 0 Å². The van der Waals surface area contributed by atoms with Crippen molar-refractivity contribution in [3.63, 3.8) is 0 Å². The first-order valence-electron chi connectivity index (χ1n) is 4.71. The number of nitrogens with zero attached hydrogens (tertiary/aromatic N) is 4. The molecule has 2 aromatic rings. The molecule has 0 bridgehead atoms. The summed E-state index contributed by atoms with van der Waals surface area (Å²) in [5.41, 5.74) is 1.40. The number of rotatable bonds is 3. The van der Waals surface area contributed by atoms with Gasteiger partial charge in [-0.3, -0.25) is 4.98 Å². The Hall–Kier alpha value is -1.75. The molecule has 1 N–H and O–H groups in total. The van der Waals surface area contributed by atoms with Gasteiger partial charge in [0.05, 0.1) is 6.61 Å². The highest BCUT2D eigenvalue weighted by atomic mass is 16.3. The second-order valence-electron chi connectivity index (χ2n) is 3.21. The monoisotopic (exact) mass is 204 g/mol. The summed E-state index contributed by atoms with van der Waals surface area (Å²) in [7, 11) is 1.88. The Morgan fingerprint density at radius 3 is 2.87 bits per heavy atom. The summed E-state index contributed by atoms with van der Waals surface area (Å²) in [4.78, 5) is 14.5. The smallest absolute Gasteiger partial charge is 0.180 e. The van der Waals surface area contributed by atoms with Crippen LogP contribution in [0.2, 0.25) is 0 Å². The van der Waals surface area contributed by atoms with E-state index in [0.29, 0.717) is 12.2 Å². The number of fused-ring (bicyclic) bond motifs is 1. The summed E-state index contributed by atoms with van der Waals surface area (Å²) < 4.78 is 0. The predicted octanol–water partition coefficient (Wildman–Crippen LogP) is 0.453. The number of aromatic nitrogens is 3. The van der Waals surface area contributed by atoms with Gasteiger partial charge >= 0.3 is 0 Å². The largest absolute Gasteiger partial charge is 0.395 e. The van der Waals surface area contributed by atoms with Crippen molar-refractivity contribution in [2.24, 2.45) is 0 Å². The quantitative estimate of drug-likeness (QED) is 0.786. The van der Waals surface area contributed by atoms with Crippen LogP contribution in [0.4, 0.5) is 5.82 Å². The standard InChI is InChI=1S/C10H12N4O/c1-14(6-7-15)9-3-2-8-10(13-9)12-5-4-11-8/h2-5,15H,6-7H2,1H3. The Morgan fingerprint density at radius 2 is 2.07 bits per heavy atom. The molecule has 0 atom stereocenters. The highest BCUT2D eigenvalue weighted by molar-refractivity contribution is 5.71. The molecule has 0 fully saturated rings. The second-order valence-corrected chi connectivity index (χ2v) is 3.21. The molecule has 0 aromatic carbocycles. The third kappa shape index (κ3) is 2.02. The maximum Gasteiger partial charge on any atom is 0.180 e. The molecule has 2 rings (SSSR count). The minimum Gasteiger partial charge on any atom is -0.395 e. The van der Waals surface area contributed by atoms with Gasteiger partial charge in [0.15, 0.2) is 5.65 Å². The SMILES string of the molecule is CN(CCO)c1ccc2nccnc2n1. The molecule has 0 unspecified atom stereocenters. The van der Waals surface area contributed by atoms with E-state index in [4.69, 9.17) is 5.11 Å². The molecule has 0 saturated carbocycles. The van der Waals surface area contributed by atoms with Crippen molar-refractivity contribution in [1.82, 2.24) is 15.0 Å². The minimum atomic E-state index is 0.108. The fraction of sp³-hybridized carbons (Fsp3) is 0.300. The van der Waals surface area contributed by atoms with E-state index in [-0.39, 0.29) is 6.61 Å². The highest BCUT2D eigenvalue weighted by Gasteiger charge is 2.03. The summed E-state index contributed by atoms with van der Waals surface area (Å²) in [5.74, 6) is 0.789. The molecule has 5 nitrogen and oxygen atoms in total. The normalized spacial score (nSPS) is 10.5. The van der Waals surface area contributed by atoms with Gasteiger partial charge in [-0.25, -0.2) is 9.97 Å². The third-order valence-electron chi connectivity index (χ3n) is 2.14. The number of anilines is 1. The van der Waals surface area contributed by atoms with Gasteiger partial charge in [0, 0.05) is 26.0 Å². The van der Waals surface area contributed by atoms with Crippen LogP contribution in [0.1, 0.15) is 0 Å². The number of likely N-dealkylation sites (N-methyl/N-ethyl adjacent to an activating group) is 1. The molecular formula is C10H12N4O. The van der Waals surface area contributed by atoms with Crippen LogP contribution < -0.4 is 4.90 Å². The fourth-order valence-electron chi connectivity index (χ4n) is 1.32. The molecule has 2 aromatic heterocycles. The third-order valence-corrected chi connectivity index (χ3v) is 2.14. The van der Waals surface area contributed by atoms with Crippen molar-refractivity contribution in [3.05, 3.63) is 24.5 Å². The van der Waals surface area contributed by atoms with Gasteiger partial charge in [0.2, 0.25) is 0 Å². The number of pyridine rings is 1. The first kappa shape index (κ1) is 9.79. The average Bonchev–Trinajstić information content (AvgIpc) is 2.29. The van der Waals surface area contributed by atoms with E-state index in [9.17, 15) is 0 Å². The van der Waals surface area contributed by atoms with Crippen LogP contribution in [0, 0.1) is 0 Å². The lowest BCUT2D eigenvalue weighted by molar-refractivity contribution is 0.304. The zero-order valence-electron chi connectivity index (χ0n) is 8.46. The van der Waals surface area contributed by atoms with Crippen LogP contribution in [0.5, 0.6) is 0 Å². The zero-order valence-corrected chi connectivity index (χ0v) is 8.46. The molecule has 2 heterocycles. The van der Waals surface area contributed by atoms with Crippen molar-refractivity contribution < 1.29 is 5.11 Å². The number of aliphatic hydroxyl groups is 1. The first-order valence-corrected chi connectivity index (χ1v) is 4.71. The van der Waals surface area contributed by atoms with Crippen LogP contribution in [0.15, 0.2) is 24.5 Å². The van der Waals surface area contributed by atoms with Gasteiger partial charge in [-0.15, -0.1) is 0 Å². The lowest BCUT2D eigenvalue weighted by Gasteiger charge is -2.16. The van der Waals surface area contributed by atoms with Crippen LogP contribution in [0.25, 0.3) is 11.2 Å². The van der Waals surface area contributed by atoms with Crippen molar-refractivity contribution >= 4 is 17.0 Å². The number of hydrogen-bond donors (Lipinski definition) is 1. The maximum atomic E-state index is 8.81. The molecule has 0 spiro atoms. The van der Waals surface area contributed by atoms with Crippen molar-refractivity contribution in [2.75, 3.05) is 25.1 Å². The highest BCUT2D eigenvalue weighted by Crippen LogP contribution is 2.12. The predicted molar refractivity (Wildman–Crippen MR) is 57.7 cm³/mol. The average molecular weight is 204 g/mol. The van der Waals surface area contributed by atoms with E-state index in [1.165, 1.54) is 0 Å². The fourth-order valence-corrected chi connectivity index (χ4v) is 1.32. The van der Waals surface area contributed by atoms with E-state index < -0.39 is 0 Å². The molecule has 0 aliphatic heterocycles. The molecule has 0 amide bonds. The lowest BCUT2D eigenvalue weighted by Crippen LogP contribution is -2.22. The van der Waals surface area contributed by atoms with Gasteiger partial charge in [-0.05, 0) is 12.1 Å². The topological polar surface area (TPSA) is 62.1 Å². The minimum absolute atomic E-state index is 0.108. The zero-order chi connectivity index (χ0) is 10.7. The Kier molecular flexibility index (Phi) is 2.73. The number of hydrogen-bond acceptors (Lipinski definition) is 5. The molecule has 0 aliphatic rings. The van der Waals surface area contributed by atoms with E-state index in [0.717, 1.165) is 11.3 Å². The molecule has 0 radical (unpaired) electrons. The van der Waals surface area contributed by atoms with Gasteiger partial charge in [-0.2, -0.15) is 0 Å². The summed E-state index contributed by atoms with van der Waals surface area (Å²) >= 11 is 0. The van der Waals surface area contributed by atoms with E-state index in [2.05, 4.69) is 15.0 Å². The van der Waals surface area contributed by atoms with E-state index in [1.54, 1.807) is 12.4 Å². The maximum absolute atomic E-state index is 8.81. The summed E-state index contributed by atoms with van der Waals surface area (Å²) in [6, 6.07) is 3.74.